The van der Waals surface area contributed by atoms with Crippen molar-refractivity contribution in [1.29, 1.82) is 5.26 Å². The molecule has 0 aliphatic heterocycles. The molecule has 0 aliphatic carbocycles. The van der Waals surface area contributed by atoms with Crippen LogP contribution in [-0.2, 0) is 11.2 Å². The van der Waals surface area contributed by atoms with Gasteiger partial charge in [0.2, 0.25) is 0 Å². The van der Waals surface area contributed by atoms with Crippen LogP contribution in [0.25, 0.3) is 6.08 Å². The number of esters is 1. The fourth-order valence-corrected chi connectivity index (χ4v) is 2.36. The Kier molecular flexibility index (Phi) is 7.45. The van der Waals surface area contributed by atoms with E-state index in [1.807, 2.05) is 37.3 Å². The smallest absolute Gasteiger partial charge is 0.354 e. The van der Waals surface area contributed by atoms with Gasteiger partial charge in [0.15, 0.2) is 0 Å². The van der Waals surface area contributed by atoms with Crippen LogP contribution in [-0.4, -0.2) is 12.6 Å². The summed E-state index contributed by atoms with van der Waals surface area (Å²) in [4.78, 5) is 12.2. The highest BCUT2D eigenvalue weighted by Gasteiger charge is 2.12. The van der Waals surface area contributed by atoms with Crippen LogP contribution in [0.4, 0.5) is 0 Å². The monoisotopic (exact) mass is 349 g/mol. The van der Waals surface area contributed by atoms with Crippen LogP contribution in [0.15, 0.2) is 54.1 Å². The number of nitriles is 1. The van der Waals surface area contributed by atoms with E-state index in [1.165, 1.54) is 11.6 Å². The summed E-state index contributed by atoms with van der Waals surface area (Å²) >= 11 is 0. The van der Waals surface area contributed by atoms with Crippen LogP contribution in [0.2, 0.25) is 0 Å². The highest BCUT2D eigenvalue weighted by molar-refractivity contribution is 5.99. The molecule has 0 radical (unpaired) electrons. The van der Waals surface area contributed by atoms with Crippen LogP contribution in [0.5, 0.6) is 11.5 Å². The van der Waals surface area contributed by atoms with Crippen LogP contribution in [0.3, 0.4) is 0 Å². The summed E-state index contributed by atoms with van der Waals surface area (Å²) in [6.07, 6.45) is 4.49. The molecule has 134 valence electrons. The van der Waals surface area contributed by atoms with Gasteiger partial charge in [0, 0.05) is 0 Å². The summed E-state index contributed by atoms with van der Waals surface area (Å²) in [6.45, 7) is 4.81. The van der Waals surface area contributed by atoms with Gasteiger partial charge in [-0.1, -0.05) is 44.5 Å². The second-order valence-corrected chi connectivity index (χ2v) is 5.87. The highest BCUT2D eigenvalue weighted by Crippen LogP contribution is 2.17. The molecule has 0 spiro atoms. The summed E-state index contributed by atoms with van der Waals surface area (Å²) in [7, 11) is 0. The number of carbonyl (C=O) groups is 1. The number of aryl methyl sites for hydroxylation is 1. The second kappa shape index (κ2) is 10.0. The lowest BCUT2D eigenvalue weighted by Gasteiger charge is -2.06. The number of nitrogens with zero attached hydrogens (tertiary/aromatic N) is 1. The lowest BCUT2D eigenvalue weighted by atomic mass is 10.1. The maximum Gasteiger partial charge on any atom is 0.354 e. The Morgan fingerprint density at radius 2 is 1.65 bits per heavy atom. The third-order valence-corrected chi connectivity index (χ3v) is 3.68. The molecule has 0 unspecified atom stereocenters. The molecule has 26 heavy (non-hydrogen) atoms. The average molecular weight is 349 g/mol. The Bertz CT molecular complexity index is 784. The van der Waals surface area contributed by atoms with Gasteiger partial charge >= 0.3 is 5.97 Å². The molecule has 2 aromatic carbocycles. The lowest BCUT2D eigenvalue weighted by Crippen LogP contribution is -2.10. The maximum atomic E-state index is 12.2. The number of ether oxygens (including phenoxy) is 2. The van der Waals surface area contributed by atoms with Crippen LogP contribution in [0, 0.1) is 11.3 Å². The molecular formula is C22H23NO3. The molecule has 0 fully saturated rings. The first-order chi connectivity index (χ1) is 12.7. The van der Waals surface area contributed by atoms with Gasteiger partial charge in [0.05, 0.1) is 6.61 Å². The Morgan fingerprint density at radius 3 is 2.23 bits per heavy atom. The fraction of sp³-hybridized carbons (Fsp3) is 0.273. The summed E-state index contributed by atoms with van der Waals surface area (Å²) in [5.41, 5.74) is 1.87. The first kappa shape index (κ1) is 19.3. The largest absolute Gasteiger partial charge is 0.494 e. The van der Waals surface area contributed by atoms with E-state index in [4.69, 9.17) is 9.47 Å². The van der Waals surface area contributed by atoms with E-state index in [2.05, 4.69) is 6.92 Å². The zero-order valence-corrected chi connectivity index (χ0v) is 15.2. The lowest BCUT2D eigenvalue weighted by molar-refractivity contribution is -0.129. The molecule has 0 aliphatic rings. The maximum absolute atomic E-state index is 12.2. The molecule has 0 atom stereocenters. The van der Waals surface area contributed by atoms with Crippen LogP contribution >= 0.6 is 0 Å². The number of rotatable bonds is 8. The number of hydrogen-bond donors (Lipinski definition) is 0. The van der Waals surface area contributed by atoms with Crippen molar-refractivity contribution in [2.75, 3.05) is 6.61 Å². The molecule has 0 saturated heterocycles. The Labute approximate surface area is 154 Å². The molecule has 4 nitrogen and oxygen atoms in total. The molecule has 2 aromatic rings. The van der Waals surface area contributed by atoms with E-state index in [-0.39, 0.29) is 5.57 Å². The van der Waals surface area contributed by atoms with Crippen molar-refractivity contribution in [1.82, 2.24) is 0 Å². The molecule has 0 amide bonds. The van der Waals surface area contributed by atoms with Crippen molar-refractivity contribution in [3.8, 4) is 17.6 Å². The van der Waals surface area contributed by atoms with Gasteiger partial charge < -0.3 is 9.47 Å². The van der Waals surface area contributed by atoms with Gasteiger partial charge in [0.1, 0.15) is 23.1 Å². The van der Waals surface area contributed by atoms with E-state index in [0.717, 1.165) is 30.6 Å². The minimum absolute atomic E-state index is 0.0511. The molecule has 0 bridgehead atoms. The molecule has 2 rings (SSSR count). The molecular weight excluding hydrogens is 326 g/mol. The van der Waals surface area contributed by atoms with Crippen LogP contribution in [0.1, 0.15) is 37.8 Å². The van der Waals surface area contributed by atoms with E-state index >= 15 is 0 Å². The van der Waals surface area contributed by atoms with Crippen LogP contribution < -0.4 is 9.47 Å². The molecule has 4 heteroatoms. The highest BCUT2D eigenvalue weighted by atomic mass is 16.5. The number of carbonyl (C=O) groups excluding carboxylic acids is 1. The first-order valence-electron chi connectivity index (χ1n) is 8.82. The average Bonchev–Trinajstić information content (AvgIpc) is 2.67. The molecule has 0 aromatic heterocycles. The minimum atomic E-state index is -0.665. The van der Waals surface area contributed by atoms with Gasteiger partial charge in [-0.2, -0.15) is 5.26 Å². The van der Waals surface area contributed by atoms with Crippen molar-refractivity contribution >= 4 is 12.0 Å². The topological polar surface area (TPSA) is 59.3 Å². The molecule has 0 saturated carbocycles. The van der Waals surface area contributed by atoms with E-state index in [0.29, 0.717) is 12.4 Å². The summed E-state index contributed by atoms with van der Waals surface area (Å²) in [6, 6.07) is 16.5. The summed E-state index contributed by atoms with van der Waals surface area (Å²) in [5.74, 6) is 0.527. The van der Waals surface area contributed by atoms with Gasteiger partial charge in [-0.05, 0) is 54.3 Å². The van der Waals surface area contributed by atoms with Crippen molar-refractivity contribution in [2.24, 2.45) is 0 Å². The normalized spacial score (nSPS) is 10.9. The standard InChI is InChI=1S/C22H23NO3/c1-3-5-17-6-12-21(13-7-17)26-22(24)19(16-23)15-18-8-10-20(11-9-18)25-14-4-2/h6-13,15H,3-5,14H2,1-2H3. The van der Waals surface area contributed by atoms with Crippen molar-refractivity contribution in [2.45, 2.75) is 33.1 Å². The van der Waals surface area contributed by atoms with E-state index in [9.17, 15) is 10.1 Å². The first-order valence-corrected chi connectivity index (χ1v) is 8.82. The van der Waals surface area contributed by atoms with Gasteiger partial charge in [-0.15, -0.1) is 0 Å². The van der Waals surface area contributed by atoms with E-state index < -0.39 is 5.97 Å². The van der Waals surface area contributed by atoms with Crippen molar-refractivity contribution in [3.63, 3.8) is 0 Å². The Balaban J connectivity index is 2.05. The Hall–Kier alpha value is -3.06. The summed E-state index contributed by atoms with van der Waals surface area (Å²) < 4.78 is 10.8. The third-order valence-electron chi connectivity index (χ3n) is 3.68. The van der Waals surface area contributed by atoms with Gasteiger partial charge in [-0.25, -0.2) is 4.79 Å². The predicted molar refractivity (Wildman–Crippen MR) is 102 cm³/mol. The predicted octanol–water partition coefficient (Wildman–Crippen LogP) is 4.94. The SMILES string of the molecule is CCCOc1ccc(C=C(C#N)C(=O)Oc2ccc(CCC)cc2)cc1. The second-order valence-electron chi connectivity index (χ2n) is 5.87. The van der Waals surface area contributed by atoms with Gasteiger partial charge in [0.25, 0.3) is 0 Å². The quantitative estimate of drug-likeness (QED) is 0.293. The van der Waals surface area contributed by atoms with E-state index in [1.54, 1.807) is 24.3 Å². The zero-order chi connectivity index (χ0) is 18.8. The van der Waals surface area contributed by atoms with Crippen molar-refractivity contribution in [3.05, 3.63) is 65.2 Å². The summed E-state index contributed by atoms with van der Waals surface area (Å²) in [5, 5.41) is 9.28. The third kappa shape index (κ3) is 5.78. The number of hydrogen-bond acceptors (Lipinski definition) is 4. The molecule has 0 N–H and O–H groups in total. The van der Waals surface area contributed by atoms with Gasteiger partial charge in [-0.3, -0.25) is 0 Å². The molecule has 0 heterocycles. The minimum Gasteiger partial charge on any atom is -0.494 e. The zero-order valence-electron chi connectivity index (χ0n) is 15.2. The van der Waals surface area contributed by atoms with Crippen molar-refractivity contribution < 1.29 is 14.3 Å². The number of benzene rings is 2. The fourth-order valence-electron chi connectivity index (χ4n) is 2.36. The Morgan fingerprint density at radius 1 is 1.00 bits per heavy atom.